The molecule has 6 heteroatoms. The van der Waals surface area contributed by atoms with Gasteiger partial charge in [-0.15, -0.1) is 0 Å². The van der Waals surface area contributed by atoms with Crippen molar-refractivity contribution in [1.29, 1.82) is 0 Å². The molecule has 1 aliphatic rings. The molecule has 0 aliphatic carbocycles. The van der Waals surface area contributed by atoms with E-state index in [1.807, 2.05) is 0 Å². The fraction of sp³-hybridized carbons (Fsp3) is 0.400. The Bertz CT molecular complexity index is 505. The summed E-state index contributed by atoms with van der Waals surface area (Å²) >= 11 is 0. The first-order chi connectivity index (χ1) is 7.41. The second kappa shape index (κ2) is 3.76. The Labute approximate surface area is 91.7 Å². The SMILES string of the molecule is O=S1(=Nc2ccccc2C(F)(F)F)CCC1. The van der Waals surface area contributed by atoms with Gasteiger partial charge < -0.3 is 0 Å². The van der Waals surface area contributed by atoms with E-state index in [4.69, 9.17) is 0 Å². The van der Waals surface area contributed by atoms with Crippen LogP contribution in [0.1, 0.15) is 12.0 Å². The van der Waals surface area contributed by atoms with Crippen molar-refractivity contribution in [2.75, 3.05) is 11.5 Å². The van der Waals surface area contributed by atoms with Gasteiger partial charge in [0.25, 0.3) is 0 Å². The van der Waals surface area contributed by atoms with Crippen LogP contribution in [0.5, 0.6) is 0 Å². The molecule has 0 atom stereocenters. The maximum Gasteiger partial charge on any atom is 0.418 e. The first-order valence-corrected chi connectivity index (χ1v) is 6.65. The summed E-state index contributed by atoms with van der Waals surface area (Å²) in [6, 6.07) is 4.99. The van der Waals surface area contributed by atoms with Gasteiger partial charge in [-0.2, -0.15) is 17.5 Å². The molecule has 0 radical (unpaired) electrons. The first-order valence-electron chi connectivity index (χ1n) is 4.79. The lowest BCUT2D eigenvalue weighted by Gasteiger charge is -2.19. The Morgan fingerprint density at radius 2 is 1.81 bits per heavy atom. The normalized spacial score (nSPS) is 18.9. The van der Waals surface area contributed by atoms with Gasteiger partial charge in [-0.05, 0) is 18.6 Å². The number of benzene rings is 1. The molecule has 1 saturated heterocycles. The Morgan fingerprint density at radius 3 is 2.31 bits per heavy atom. The molecule has 0 amide bonds. The Hall–Kier alpha value is -1.04. The zero-order valence-corrected chi connectivity index (χ0v) is 9.14. The standard InChI is InChI=1S/C10H10F3NOS/c11-10(12,13)8-4-1-2-5-9(8)14-16(15)6-3-7-16/h1-2,4-5H,3,6-7H2. The molecule has 16 heavy (non-hydrogen) atoms. The summed E-state index contributed by atoms with van der Waals surface area (Å²) in [7, 11) is -2.40. The van der Waals surface area contributed by atoms with Crippen LogP contribution in [-0.4, -0.2) is 15.7 Å². The Morgan fingerprint density at radius 1 is 1.19 bits per heavy atom. The van der Waals surface area contributed by atoms with Crippen LogP contribution in [0.4, 0.5) is 18.9 Å². The molecule has 1 aromatic carbocycles. The van der Waals surface area contributed by atoms with Crippen LogP contribution in [0.3, 0.4) is 0 Å². The predicted molar refractivity (Wildman–Crippen MR) is 56.0 cm³/mol. The lowest BCUT2D eigenvalue weighted by molar-refractivity contribution is -0.137. The summed E-state index contributed by atoms with van der Waals surface area (Å²) in [4.78, 5) is 0. The monoisotopic (exact) mass is 249 g/mol. The average molecular weight is 249 g/mol. The van der Waals surface area contributed by atoms with Crippen molar-refractivity contribution in [3.05, 3.63) is 29.8 Å². The maximum absolute atomic E-state index is 12.6. The molecular formula is C10H10F3NOS. The molecule has 0 aromatic heterocycles. The molecule has 1 heterocycles. The molecule has 0 unspecified atom stereocenters. The highest BCUT2D eigenvalue weighted by molar-refractivity contribution is 7.95. The minimum absolute atomic E-state index is 0.209. The molecule has 0 spiro atoms. The van der Waals surface area contributed by atoms with E-state index in [1.54, 1.807) is 0 Å². The zero-order valence-electron chi connectivity index (χ0n) is 8.33. The number of rotatable bonds is 1. The van der Waals surface area contributed by atoms with Crippen LogP contribution >= 0.6 is 0 Å². The van der Waals surface area contributed by atoms with Crippen molar-refractivity contribution in [3.63, 3.8) is 0 Å². The van der Waals surface area contributed by atoms with E-state index >= 15 is 0 Å². The molecule has 1 aromatic rings. The number of hydrogen-bond acceptors (Lipinski definition) is 2. The Kier molecular flexibility index (Phi) is 2.69. The van der Waals surface area contributed by atoms with Crippen molar-refractivity contribution in [1.82, 2.24) is 0 Å². The molecule has 2 rings (SSSR count). The minimum Gasteiger partial charge on any atom is -0.249 e. The largest absolute Gasteiger partial charge is 0.418 e. The third-order valence-corrected chi connectivity index (χ3v) is 4.78. The molecule has 1 aliphatic heterocycles. The summed E-state index contributed by atoms with van der Waals surface area (Å²) in [5.41, 5.74) is -1.02. The van der Waals surface area contributed by atoms with Crippen LogP contribution in [0.15, 0.2) is 28.6 Å². The summed E-state index contributed by atoms with van der Waals surface area (Å²) in [5, 5.41) is 0. The number of halogens is 3. The molecule has 0 N–H and O–H groups in total. The van der Waals surface area contributed by atoms with Gasteiger partial charge in [0.15, 0.2) is 0 Å². The molecule has 1 fully saturated rings. The zero-order chi connectivity index (χ0) is 11.8. The van der Waals surface area contributed by atoms with E-state index in [1.165, 1.54) is 18.2 Å². The van der Waals surface area contributed by atoms with Gasteiger partial charge in [0.2, 0.25) is 0 Å². The van der Waals surface area contributed by atoms with Gasteiger partial charge in [-0.3, -0.25) is 0 Å². The number of nitrogens with zero attached hydrogens (tertiary/aromatic N) is 1. The Balaban J connectivity index is 2.50. The van der Waals surface area contributed by atoms with Crippen LogP contribution in [0.25, 0.3) is 0 Å². The highest BCUT2D eigenvalue weighted by atomic mass is 32.2. The van der Waals surface area contributed by atoms with Crippen molar-refractivity contribution in [2.24, 2.45) is 4.36 Å². The third kappa shape index (κ3) is 2.21. The second-order valence-electron chi connectivity index (χ2n) is 3.64. The summed E-state index contributed by atoms with van der Waals surface area (Å²) in [6.45, 7) is 0. The second-order valence-corrected chi connectivity index (χ2v) is 6.18. The van der Waals surface area contributed by atoms with Gasteiger partial charge in [0.1, 0.15) is 0 Å². The van der Waals surface area contributed by atoms with E-state index in [-0.39, 0.29) is 5.69 Å². The van der Waals surface area contributed by atoms with Crippen molar-refractivity contribution < 1.29 is 17.4 Å². The molecule has 0 bridgehead atoms. The van der Waals surface area contributed by atoms with E-state index in [2.05, 4.69) is 4.36 Å². The molecule has 2 nitrogen and oxygen atoms in total. The van der Waals surface area contributed by atoms with Crippen molar-refractivity contribution in [2.45, 2.75) is 12.6 Å². The summed E-state index contributed by atoms with van der Waals surface area (Å²) in [5.74, 6) is 0.804. The lowest BCUT2D eigenvalue weighted by atomic mass is 10.2. The smallest absolute Gasteiger partial charge is 0.249 e. The maximum atomic E-state index is 12.6. The van der Waals surface area contributed by atoms with E-state index in [0.29, 0.717) is 11.5 Å². The third-order valence-electron chi connectivity index (χ3n) is 2.40. The average Bonchev–Trinajstić information content (AvgIpc) is 2.14. The first kappa shape index (κ1) is 11.4. The van der Waals surface area contributed by atoms with Crippen LogP contribution in [0, 0.1) is 0 Å². The van der Waals surface area contributed by atoms with E-state index in [0.717, 1.165) is 12.5 Å². The molecule has 88 valence electrons. The van der Waals surface area contributed by atoms with Gasteiger partial charge in [0, 0.05) is 11.5 Å². The molecular weight excluding hydrogens is 239 g/mol. The van der Waals surface area contributed by atoms with Gasteiger partial charge in [-0.1, -0.05) is 12.1 Å². The van der Waals surface area contributed by atoms with Crippen LogP contribution in [-0.2, 0) is 15.9 Å². The van der Waals surface area contributed by atoms with Gasteiger partial charge in [-0.25, -0.2) is 4.21 Å². The van der Waals surface area contributed by atoms with Gasteiger partial charge >= 0.3 is 6.18 Å². The van der Waals surface area contributed by atoms with Gasteiger partial charge in [0.05, 0.1) is 21.0 Å². The minimum atomic E-state index is -4.44. The van der Waals surface area contributed by atoms with Crippen molar-refractivity contribution >= 4 is 15.4 Å². The predicted octanol–water partition coefficient (Wildman–Crippen LogP) is 3.21. The van der Waals surface area contributed by atoms with Crippen LogP contribution < -0.4 is 0 Å². The fourth-order valence-corrected chi connectivity index (χ4v) is 2.94. The van der Waals surface area contributed by atoms with E-state index < -0.39 is 21.5 Å². The van der Waals surface area contributed by atoms with Crippen LogP contribution in [0.2, 0.25) is 0 Å². The highest BCUT2D eigenvalue weighted by Crippen LogP contribution is 2.37. The fourth-order valence-electron chi connectivity index (χ4n) is 1.45. The summed E-state index contributed by atoms with van der Waals surface area (Å²) < 4.78 is 53.3. The molecule has 0 saturated carbocycles. The number of hydrogen-bond donors (Lipinski definition) is 0. The quantitative estimate of drug-likeness (QED) is 0.751. The summed E-state index contributed by atoms with van der Waals surface area (Å²) in [6.07, 6.45) is -3.67. The lowest BCUT2D eigenvalue weighted by Crippen LogP contribution is -2.23. The van der Waals surface area contributed by atoms with Crippen molar-refractivity contribution in [3.8, 4) is 0 Å². The van der Waals surface area contributed by atoms with E-state index in [9.17, 15) is 17.4 Å². The number of alkyl halides is 3. The topological polar surface area (TPSA) is 29.4 Å². The highest BCUT2D eigenvalue weighted by Gasteiger charge is 2.34.